The molecular weight excluding hydrogens is 178 g/mol. The molecule has 1 nitrogen and oxygen atoms in total. The number of hydrogen-bond acceptors (Lipinski definition) is 2. The van der Waals surface area contributed by atoms with Crippen LogP contribution in [-0.4, -0.2) is 17.0 Å². The Morgan fingerprint density at radius 3 is 3.00 bits per heavy atom. The summed E-state index contributed by atoms with van der Waals surface area (Å²) in [5, 5.41) is 3.57. The summed E-state index contributed by atoms with van der Waals surface area (Å²) >= 11 is 2.10. The normalized spacial score (nSPS) is 35.5. The summed E-state index contributed by atoms with van der Waals surface area (Å²) in [6.07, 6.45) is 7.02. The standard InChI is InChI=1S/C11H17NS/c1-3-9(2)10-11(5-4-6-11)13-8-7-12-10/h4-5,12H,3,6-8H2,1-2H3/b10-9-. The maximum absolute atomic E-state index is 3.57. The molecule has 0 radical (unpaired) electrons. The molecule has 0 amide bonds. The van der Waals surface area contributed by atoms with Crippen LogP contribution in [0.1, 0.15) is 26.7 Å². The van der Waals surface area contributed by atoms with Gasteiger partial charge in [-0.05, 0) is 19.8 Å². The minimum atomic E-state index is 0.346. The Bertz CT molecular complexity index is 267. The van der Waals surface area contributed by atoms with Gasteiger partial charge < -0.3 is 5.32 Å². The van der Waals surface area contributed by atoms with Gasteiger partial charge in [-0.3, -0.25) is 0 Å². The van der Waals surface area contributed by atoms with Gasteiger partial charge in [-0.15, -0.1) is 11.8 Å². The Kier molecular flexibility index (Phi) is 2.41. The van der Waals surface area contributed by atoms with E-state index in [9.17, 15) is 0 Å². The number of rotatable bonds is 1. The van der Waals surface area contributed by atoms with Crippen LogP contribution in [0.15, 0.2) is 23.4 Å². The Morgan fingerprint density at radius 2 is 2.46 bits per heavy atom. The average molecular weight is 195 g/mol. The quantitative estimate of drug-likeness (QED) is 0.646. The Balaban J connectivity index is 2.29. The van der Waals surface area contributed by atoms with E-state index < -0.39 is 0 Å². The third kappa shape index (κ3) is 1.41. The molecule has 1 aliphatic heterocycles. The molecule has 1 spiro atoms. The van der Waals surface area contributed by atoms with E-state index in [1.165, 1.54) is 29.9 Å². The highest BCUT2D eigenvalue weighted by Crippen LogP contribution is 2.45. The van der Waals surface area contributed by atoms with Crippen molar-refractivity contribution >= 4 is 11.8 Å². The summed E-state index contributed by atoms with van der Waals surface area (Å²) in [5.74, 6) is 1.24. The van der Waals surface area contributed by atoms with Gasteiger partial charge >= 0.3 is 0 Å². The molecule has 13 heavy (non-hydrogen) atoms. The molecule has 0 aromatic heterocycles. The number of allylic oxidation sites excluding steroid dienone is 2. The van der Waals surface area contributed by atoms with Crippen LogP contribution in [-0.2, 0) is 0 Å². The predicted octanol–water partition coefficient (Wildman–Crippen LogP) is 2.71. The summed E-state index contributed by atoms with van der Waals surface area (Å²) < 4.78 is 0.346. The first-order valence-electron chi connectivity index (χ1n) is 5.04. The zero-order valence-electron chi connectivity index (χ0n) is 8.39. The second-order valence-electron chi connectivity index (χ2n) is 3.78. The largest absolute Gasteiger partial charge is 0.386 e. The maximum Gasteiger partial charge on any atom is 0.0768 e. The molecule has 0 saturated carbocycles. The minimum absolute atomic E-state index is 0.346. The predicted molar refractivity (Wildman–Crippen MR) is 59.9 cm³/mol. The molecule has 1 N–H and O–H groups in total. The smallest absolute Gasteiger partial charge is 0.0768 e. The van der Waals surface area contributed by atoms with Crippen molar-refractivity contribution in [1.82, 2.24) is 5.32 Å². The van der Waals surface area contributed by atoms with Crippen molar-refractivity contribution in [2.75, 3.05) is 12.3 Å². The monoisotopic (exact) mass is 195 g/mol. The molecule has 0 aromatic carbocycles. The van der Waals surface area contributed by atoms with Crippen LogP contribution in [0.5, 0.6) is 0 Å². The lowest BCUT2D eigenvalue weighted by atomic mass is 9.87. The second kappa shape index (κ2) is 3.41. The van der Waals surface area contributed by atoms with Crippen LogP contribution in [0.3, 0.4) is 0 Å². The highest BCUT2D eigenvalue weighted by Gasteiger charge is 2.39. The topological polar surface area (TPSA) is 12.0 Å². The molecular formula is C11H17NS. The SMILES string of the molecule is CC/C(C)=C1\NCCSC12C=CC2. The molecule has 1 fully saturated rings. The van der Waals surface area contributed by atoms with Gasteiger partial charge in [0.15, 0.2) is 0 Å². The van der Waals surface area contributed by atoms with Crippen LogP contribution in [0.4, 0.5) is 0 Å². The highest BCUT2D eigenvalue weighted by molar-refractivity contribution is 8.01. The molecule has 2 rings (SSSR count). The molecule has 0 aromatic rings. The molecule has 1 heterocycles. The van der Waals surface area contributed by atoms with Crippen molar-refractivity contribution in [3.05, 3.63) is 23.4 Å². The van der Waals surface area contributed by atoms with E-state index in [2.05, 4.69) is 43.1 Å². The van der Waals surface area contributed by atoms with Gasteiger partial charge in [0.25, 0.3) is 0 Å². The Morgan fingerprint density at radius 1 is 1.69 bits per heavy atom. The van der Waals surface area contributed by atoms with E-state index in [0.717, 1.165) is 6.54 Å². The third-order valence-electron chi connectivity index (χ3n) is 2.95. The Hall–Kier alpha value is -0.370. The van der Waals surface area contributed by atoms with Crippen LogP contribution < -0.4 is 5.32 Å². The van der Waals surface area contributed by atoms with E-state index in [1.54, 1.807) is 0 Å². The van der Waals surface area contributed by atoms with E-state index in [0.29, 0.717) is 4.75 Å². The van der Waals surface area contributed by atoms with Crippen molar-refractivity contribution in [2.45, 2.75) is 31.4 Å². The number of thioether (sulfide) groups is 1. The lowest BCUT2D eigenvalue weighted by molar-refractivity contribution is 0.643. The van der Waals surface area contributed by atoms with Crippen LogP contribution in [0, 0.1) is 0 Å². The lowest BCUT2D eigenvalue weighted by Crippen LogP contribution is -2.43. The molecule has 1 atom stereocenters. The van der Waals surface area contributed by atoms with Crippen LogP contribution in [0.25, 0.3) is 0 Å². The maximum atomic E-state index is 3.57. The first-order chi connectivity index (χ1) is 6.28. The molecule has 72 valence electrons. The first kappa shape index (κ1) is 9.20. The molecule has 1 unspecified atom stereocenters. The van der Waals surface area contributed by atoms with Crippen molar-refractivity contribution in [2.24, 2.45) is 0 Å². The van der Waals surface area contributed by atoms with E-state index in [4.69, 9.17) is 0 Å². The van der Waals surface area contributed by atoms with Gasteiger partial charge in [0.1, 0.15) is 0 Å². The van der Waals surface area contributed by atoms with Crippen molar-refractivity contribution in [3.8, 4) is 0 Å². The van der Waals surface area contributed by atoms with Crippen molar-refractivity contribution in [3.63, 3.8) is 0 Å². The summed E-state index contributed by atoms with van der Waals surface area (Å²) in [6, 6.07) is 0. The van der Waals surface area contributed by atoms with E-state index >= 15 is 0 Å². The van der Waals surface area contributed by atoms with Crippen LogP contribution in [0.2, 0.25) is 0 Å². The first-order valence-corrected chi connectivity index (χ1v) is 6.03. The van der Waals surface area contributed by atoms with Gasteiger partial charge in [-0.1, -0.05) is 24.6 Å². The Labute approximate surface area is 84.7 Å². The summed E-state index contributed by atoms with van der Waals surface area (Å²) in [7, 11) is 0. The summed E-state index contributed by atoms with van der Waals surface area (Å²) in [5.41, 5.74) is 3.02. The zero-order valence-corrected chi connectivity index (χ0v) is 9.21. The minimum Gasteiger partial charge on any atom is -0.386 e. The van der Waals surface area contributed by atoms with Crippen molar-refractivity contribution < 1.29 is 0 Å². The van der Waals surface area contributed by atoms with Gasteiger partial charge in [0.2, 0.25) is 0 Å². The van der Waals surface area contributed by atoms with Gasteiger partial charge in [0.05, 0.1) is 4.75 Å². The van der Waals surface area contributed by atoms with Crippen molar-refractivity contribution in [1.29, 1.82) is 0 Å². The second-order valence-corrected chi connectivity index (χ2v) is 5.21. The average Bonchev–Trinajstić information content (AvgIpc) is 2.14. The molecule has 0 bridgehead atoms. The number of hydrogen-bond donors (Lipinski definition) is 1. The molecule has 2 aliphatic rings. The van der Waals surface area contributed by atoms with E-state index in [1.807, 2.05) is 0 Å². The summed E-state index contributed by atoms with van der Waals surface area (Å²) in [6.45, 7) is 5.62. The van der Waals surface area contributed by atoms with E-state index in [-0.39, 0.29) is 0 Å². The molecule has 1 saturated heterocycles. The fraction of sp³-hybridized carbons (Fsp3) is 0.636. The lowest BCUT2D eigenvalue weighted by Gasteiger charge is -2.42. The number of nitrogens with one attached hydrogen (secondary N) is 1. The van der Waals surface area contributed by atoms with Gasteiger partial charge in [0, 0.05) is 18.0 Å². The van der Waals surface area contributed by atoms with Gasteiger partial charge in [-0.25, -0.2) is 0 Å². The molecule has 2 heteroatoms. The zero-order chi connectivity index (χ0) is 9.31. The summed E-state index contributed by atoms with van der Waals surface area (Å²) in [4.78, 5) is 0. The fourth-order valence-corrected chi connectivity index (χ4v) is 3.31. The third-order valence-corrected chi connectivity index (χ3v) is 4.38. The molecule has 1 aliphatic carbocycles. The van der Waals surface area contributed by atoms with Gasteiger partial charge in [-0.2, -0.15) is 0 Å². The highest BCUT2D eigenvalue weighted by atomic mass is 32.2. The van der Waals surface area contributed by atoms with Crippen LogP contribution >= 0.6 is 11.8 Å². The fourth-order valence-electron chi connectivity index (χ4n) is 1.94.